The molecule has 0 spiro atoms. The molecule has 0 aliphatic carbocycles. The van der Waals surface area contributed by atoms with Crippen molar-refractivity contribution in [3.8, 4) is 11.5 Å². The summed E-state index contributed by atoms with van der Waals surface area (Å²) in [5.41, 5.74) is 6.71. The van der Waals surface area contributed by atoms with Gasteiger partial charge in [0, 0.05) is 18.4 Å². The molecule has 0 aromatic heterocycles. The summed E-state index contributed by atoms with van der Waals surface area (Å²) < 4.78 is 15.1. The molecule has 1 aromatic carbocycles. The fourth-order valence-electron chi connectivity index (χ4n) is 2.37. The number of anilines is 1. The Morgan fingerprint density at radius 3 is 2.46 bits per heavy atom. The van der Waals surface area contributed by atoms with Gasteiger partial charge in [0.05, 0.1) is 39.5 Å². The normalized spacial score (nSPS) is 14.4. The lowest BCUT2D eigenvalue weighted by Gasteiger charge is -2.24. The van der Waals surface area contributed by atoms with Gasteiger partial charge in [-0.15, -0.1) is 0 Å². The van der Waals surface area contributed by atoms with Gasteiger partial charge in [-0.3, -0.25) is 4.79 Å². The van der Waals surface area contributed by atoms with Gasteiger partial charge in [0.1, 0.15) is 0 Å². The summed E-state index contributed by atoms with van der Waals surface area (Å²) in [7, 11) is 4.31. The van der Waals surface area contributed by atoms with E-state index in [4.69, 9.17) is 25.1 Å². The average molecular weight is 342 g/mol. The standard InChI is InChI=1S/C16H26N2O6/c1-22-13-5-4-10(8-14(13)23-2)18-15(17)9-11(16(21)24-3)12(20)6-7-19/h4-5,8,11-12,15,18-20H,6-7,9,17H2,1-3H3. The van der Waals surface area contributed by atoms with Crippen molar-refractivity contribution in [2.24, 2.45) is 11.7 Å². The number of nitrogens with two attached hydrogens (primary N) is 1. The summed E-state index contributed by atoms with van der Waals surface area (Å²) in [6.45, 7) is -0.229. The molecule has 0 radical (unpaired) electrons. The number of ether oxygens (including phenoxy) is 3. The van der Waals surface area contributed by atoms with Crippen molar-refractivity contribution in [1.82, 2.24) is 0 Å². The van der Waals surface area contributed by atoms with E-state index in [1.54, 1.807) is 25.3 Å². The van der Waals surface area contributed by atoms with Crippen molar-refractivity contribution >= 4 is 11.7 Å². The molecule has 0 heterocycles. The molecule has 0 aliphatic heterocycles. The molecule has 3 unspecified atom stereocenters. The van der Waals surface area contributed by atoms with E-state index < -0.39 is 24.2 Å². The summed E-state index contributed by atoms with van der Waals surface area (Å²) in [6.07, 6.45) is -1.42. The Balaban J connectivity index is 2.78. The van der Waals surface area contributed by atoms with E-state index in [9.17, 15) is 9.90 Å². The molecular formula is C16H26N2O6. The molecule has 1 rings (SSSR count). The SMILES string of the molecule is COC(=O)C(CC(N)Nc1ccc(OC)c(OC)c1)C(O)CCO. The third-order valence-electron chi connectivity index (χ3n) is 3.64. The van der Waals surface area contributed by atoms with Gasteiger partial charge >= 0.3 is 5.97 Å². The Hall–Kier alpha value is -2.03. The Morgan fingerprint density at radius 2 is 1.92 bits per heavy atom. The number of esters is 1. The fourth-order valence-corrected chi connectivity index (χ4v) is 2.37. The minimum Gasteiger partial charge on any atom is -0.493 e. The topological polar surface area (TPSA) is 123 Å². The molecule has 136 valence electrons. The number of rotatable bonds is 10. The van der Waals surface area contributed by atoms with E-state index in [1.807, 2.05) is 0 Å². The third kappa shape index (κ3) is 5.55. The monoisotopic (exact) mass is 342 g/mol. The van der Waals surface area contributed by atoms with E-state index >= 15 is 0 Å². The van der Waals surface area contributed by atoms with Gasteiger partial charge in [0.25, 0.3) is 0 Å². The Bertz CT molecular complexity index is 525. The first-order valence-electron chi connectivity index (χ1n) is 7.57. The maximum absolute atomic E-state index is 11.8. The molecule has 0 amide bonds. The smallest absolute Gasteiger partial charge is 0.311 e. The number of nitrogens with one attached hydrogen (secondary N) is 1. The van der Waals surface area contributed by atoms with Gasteiger partial charge in [-0.05, 0) is 25.0 Å². The number of carbonyl (C=O) groups is 1. The minimum atomic E-state index is -1.03. The van der Waals surface area contributed by atoms with E-state index in [0.717, 1.165) is 0 Å². The summed E-state index contributed by atoms with van der Waals surface area (Å²) in [6, 6.07) is 5.21. The second-order valence-corrected chi connectivity index (χ2v) is 5.27. The van der Waals surface area contributed by atoms with Gasteiger partial charge in [-0.2, -0.15) is 0 Å². The van der Waals surface area contributed by atoms with Crippen LogP contribution in [0.3, 0.4) is 0 Å². The van der Waals surface area contributed by atoms with Crippen molar-refractivity contribution in [1.29, 1.82) is 0 Å². The quantitative estimate of drug-likeness (QED) is 0.354. The molecule has 0 saturated heterocycles. The molecule has 0 fully saturated rings. The van der Waals surface area contributed by atoms with Crippen LogP contribution in [-0.4, -0.2) is 56.4 Å². The van der Waals surface area contributed by atoms with E-state index in [2.05, 4.69) is 5.32 Å². The zero-order valence-corrected chi connectivity index (χ0v) is 14.2. The highest BCUT2D eigenvalue weighted by Gasteiger charge is 2.29. The lowest BCUT2D eigenvalue weighted by Crippen LogP contribution is -2.39. The van der Waals surface area contributed by atoms with E-state index in [0.29, 0.717) is 17.2 Å². The summed E-state index contributed by atoms with van der Waals surface area (Å²) in [5.74, 6) is -0.271. The van der Waals surface area contributed by atoms with Gasteiger partial charge in [-0.1, -0.05) is 0 Å². The predicted molar refractivity (Wildman–Crippen MR) is 89.0 cm³/mol. The van der Waals surface area contributed by atoms with Crippen LogP contribution in [0, 0.1) is 5.92 Å². The van der Waals surface area contributed by atoms with Gasteiger partial charge in [0.15, 0.2) is 11.5 Å². The highest BCUT2D eigenvalue weighted by molar-refractivity contribution is 5.73. The van der Waals surface area contributed by atoms with E-state index in [-0.39, 0.29) is 19.4 Å². The molecule has 0 aliphatic rings. The average Bonchev–Trinajstić information content (AvgIpc) is 2.58. The highest BCUT2D eigenvalue weighted by atomic mass is 16.5. The Kier molecular flexibility index (Phi) is 8.31. The predicted octanol–water partition coefficient (Wildman–Crippen LogP) is 0.323. The molecular weight excluding hydrogens is 316 g/mol. The summed E-state index contributed by atoms with van der Waals surface area (Å²) in [4.78, 5) is 11.8. The lowest BCUT2D eigenvalue weighted by atomic mass is 9.95. The molecule has 0 bridgehead atoms. The van der Waals surface area contributed by atoms with Crippen LogP contribution in [0.1, 0.15) is 12.8 Å². The van der Waals surface area contributed by atoms with Crippen LogP contribution < -0.4 is 20.5 Å². The summed E-state index contributed by atoms with van der Waals surface area (Å²) >= 11 is 0. The van der Waals surface area contributed by atoms with Crippen molar-refractivity contribution in [2.45, 2.75) is 25.1 Å². The van der Waals surface area contributed by atoms with Crippen LogP contribution in [0.25, 0.3) is 0 Å². The first kappa shape index (κ1) is 20.0. The molecule has 0 saturated carbocycles. The highest BCUT2D eigenvalue weighted by Crippen LogP contribution is 2.30. The van der Waals surface area contributed by atoms with Gasteiger partial charge in [0.2, 0.25) is 0 Å². The van der Waals surface area contributed by atoms with Crippen LogP contribution in [0.4, 0.5) is 5.69 Å². The number of aliphatic hydroxyl groups is 2. The maximum Gasteiger partial charge on any atom is 0.311 e. The minimum absolute atomic E-state index is 0.0723. The fraction of sp³-hybridized carbons (Fsp3) is 0.562. The second-order valence-electron chi connectivity index (χ2n) is 5.27. The molecule has 8 nitrogen and oxygen atoms in total. The number of hydrogen-bond donors (Lipinski definition) is 4. The second kappa shape index (κ2) is 9.96. The van der Waals surface area contributed by atoms with Crippen LogP contribution >= 0.6 is 0 Å². The van der Waals surface area contributed by atoms with Crippen LogP contribution in [-0.2, 0) is 9.53 Å². The zero-order chi connectivity index (χ0) is 18.1. The molecule has 24 heavy (non-hydrogen) atoms. The van der Waals surface area contributed by atoms with Gasteiger partial charge in [-0.25, -0.2) is 0 Å². The third-order valence-corrected chi connectivity index (χ3v) is 3.64. The number of methoxy groups -OCH3 is 3. The number of hydrogen-bond acceptors (Lipinski definition) is 8. The Morgan fingerprint density at radius 1 is 1.25 bits per heavy atom. The largest absolute Gasteiger partial charge is 0.493 e. The first-order chi connectivity index (χ1) is 11.5. The maximum atomic E-state index is 11.8. The first-order valence-corrected chi connectivity index (χ1v) is 7.57. The van der Waals surface area contributed by atoms with E-state index in [1.165, 1.54) is 14.2 Å². The van der Waals surface area contributed by atoms with Crippen LogP contribution in [0.5, 0.6) is 11.5 Å². The van der Waals surface area contributed by atoms with Crippen LogP contribution in [0.2, 0.25) is 0 Å². The van der Waals surface area contributed by atoms with Crippen molar-refractivity contribution in [3.05, 3.63) is 18.2 Å². The number of carbonyl (C=O) groups excluding carboxylic acids is 1. The lowest BCUT2D eigenvalue weighted by molar-refractivity contribution is -0.150. The number of aliphatic hydroxyl groups excluding tert-OH is 2. The zero-order valence-electron chi connectivity index (χ0n) is 14.2. The van der Waals surface area contributed by atoms with Crippen molar-refractivity contribution < 1.29 is 29.2 Å². The number of benzene rings is 1. The molecule has 5 N–H and O–H groups in total. The van der Waals surface area contributed by atoms with Gasteiger partial charge < -0.3 is 35.5 Å². The van der Waals surface area contributed by atoms with Crippen molar-refractivity contribution in [3.63, 3.8) is 0 Å². The Labute approximate surface area is 141 Å². The molecule has 8 heteroatoms. The van der Waals surface area contributed by atoms with Crippen LogP contribution in [0.15, 0.2) is 18.2 Å². The molecule has 3 atom stereocenters. The molecule has 1 aromatic rings. The summed E-state index contributed by atoms with van der Waals surface area (Å²) in [5, 5.41) is 22.0. The van der Waals surface area contributed by atoms with Crippen molar-refractivity contribution in [2.75, 3.05) is 33.3 Å².